The van der Waals surface area contributed by atoms with E-state index in [1.54, 1.807) is 0 Å². The summed E-state index contributed by atoms with van der Waals surface area (Å²) in [6.07, 6.45) is 6.26. The summed E-state index contributed by atoms with van der Waals surface area (Å²) in [6.45, 7) is 6.79. The zero-order chi connectivity index (χ0) is 38.6. The number of aromatic nitrogens is 4. The van der Waals surface area contributed by atoms with Crippen molar-refractivity contribution < 1.29 is 0 Å². The molecule has 0 fully saturated rings. The minimum Gasteiger partial charge on any atom is -0.309 e. The van der Waals surface area contributed by atoms with Crippen LogP contribution >= 0.6 is 0 Å². The van der Waals surface area contributed by atoms with E-state index in [0.29, 0.717) is 17.5 Å². The van der Waals surface area contributed by atoms with Gasteiger partial charge in [0.05, 0.1) is 16.4 Å². The average Bonchev–Trinajstić information content (AvgIpc) is 3.62. The molecule has 0 aliphatic heterocycles. The Kier molecular flexibility index (Phi) is 9.51. The van der Waals surface area contributed by atoms with E-state index < -0.39 is 5.41 Å². The van der Waals surface area contributed by atoms with E-state index in [0.717, 1.165) is 61.1 Å². The maximum Gasteiger partial charge on any atom is 0.164 e. The smallest absolute Gasteiger partial charge is 0.164 e. The molecule has 0 radical (unpaired) electrons. The third kappa shape index (κ3) is 6.58. The number of benzene rings is 7. The average molecular weight is 733 g/mol. The number of nitrogens with zero attached hydrogens (tertiary/aromatic N) is 4. The van der Waals surface area contributed by atoms with Crippen LogP contribution in [0.25, 0.3) is 55.8 Å². The maximum atomic E-state index is 5.12. The molecule has 0 atom stereocenters. The Morgan fingerprint density at radius 2 is 1.00 bits per heavy atom. The Bertz CT molecular complexity index is 2800. The number of hydrogen-bond acceptors (Lipinski definition) is 3. The lowest BCUT2D eigenvalue weighted by atomic mass is 9.65. The van der Waals surface area contributed by atoms with Gasteiger partial charge < -0.3 is 4.57 Å². The molecule has 9 aromatic rings. The summed E-state index contributed by atoms with van der Waals surface area (Å²) in [6, 6.07) is 67.6. The molecule has 272 valence electrons. The van der Waals surface area contributed by atoms with E-state index in [-0.39, 0.29) is 0 Å². The van der Waals surface area contributed by atoms with Crippen molar-refractivity contribution in [3.05, 3.63) is 247 Å². The molecule has 0 amide bonds. The number of allylic oxidation sites excluding steroid dienone is 5. The predicted molar refractivity (Wildman–Crippen MR) is 236 cm³/mol. The van der Waals surface area contributed by atoms with Gasteiger partial charge >= 0.3 is 0 Å². The third-order valence-corrected chi connectivity index (χ3v) is 10.7. The van der Waals surface area contributed by atoms with Crippen LogP contribution in [0.15, 0.2) is 225 Å². The highest BCUT2D eigenvalue weighted by molar-refractivity contribution is 6.10. The van der Waals surface area contributed by atoms with Crippen molar-refractivity contribution in [2.24, 2.45) is 0 Å². The first-order chi connectivity index (χ1) is 28.1. The molecule has 0 aliphatic rings. The lowest BCUT2D eigenvalue weighted by Gasteiger charge is -2.37. The van der Waals surface area contributed by atoms with Gasteiger partial charge in [-0.3, -0.25) is 0 Å². The predicted octanol–water partition coefficient (Wildman–Crippen LogP) is 12.9. The molecule has 0 saturated carbocycles. The van der Waals surface area contributed by atoms with Crippen molar-refractivity contribution >= 4 is 27.4 Å². The fourth-order valence-corrected chi connectivity index (χ4v) is 7.99. The van der Waals surface area contributed by atoms with Crippen LogP contribution in [0.2, 0.25) is 0 Å². The molecular weight excluding hydrogens is 693 g/mol. The Labute approximate surface area is 333 Å². The molecule has 4 heteroatoms. The Morgan fingerprint density at radius 1 is 0.509 bits per heavy atom. The first-order valence-corrected chi connectivity index (χ1v) is 19.2. The largest absolute Gasteiger partial charge is 0.309 e. The minimum atomic E-state index is -0.606. The van der Waals surface area contributed by atoms with Crippen LogP contribution in [-0.2, 0) is 5.41 Å². The highest BCUT2D eigenvalue weighted by Gasteiger charge is 2.38. The monoisotopic (exact) mass is 732 g/mol. The van der Waals surface area contributed by atoms with Crippen LogP contribution in [0.1, 0.15) is 29.4 Å². The van der Waals surface area contributed by atoms with Crippen LogP contribution in [0.3, 0.4) is 0 Å². The van der Waals surface area contributed by atoms with Crippen molar-refractivity contribution in [3.63, 3.8) is 0 Å². The highest BCUT2D eigenvalue weighted by Crippen LogP contribution is 2.45. The van der Waals surface area contributed by atoms with Crippen LogP contribution in [0, 0.1) is 0 Å². The molecule has 9 rings (SSSR count). The zero-order valence-electron chi connectivity index (χ0n) is 31.7. The second-order valence-corrected chi connectivity index (χ2v) is 14.2. The van der Waals surface area contributed by atoms with Crippen LogP contribution in [-0.4, -0.2) is 19.5 Å². The Morgan fingerprint density at radius 3 is 1.60 bits per heavy atom. The first kappa shape index (κ1) is 35.3. The van der Waals surface area contributed by atoms with Gasteiger partial charge in [-0.05, 0) is 71.2 Å². The summed E-state index contributed by atoms with van der Waals surface area (Å²) in [5.41, 5.74) is 9.95. The van der Waals surface area contributed by atoms with Gasteiger partial charge in [-0.2, -0.15) is 0 Å². The highest BCUT2D eigenvalue weighted by atomic mass is 15.0. The Hall–Kier alpha value is -7.43. The van der Waals surface area contributed by atoms with Crippen LogP contribution in [0.4, 0.5) is 0 Å². The summed E-state index contributed by atoms with van der Waals surface area (Å²) in [5.74, 6) is 1.86. The lowest BCUT2D eigenvalue weighted by molar-refractivity contribution is 0.746. The minimum absolute atomic E-state index is 0.606. The van der Waals surface area contributed by atoms with Gasteiger partial charge in [-0.25, -0.2) is 15.0 Å². The fraction of sp³-hybridized carbons (Fsp3) is 0.0377. The summed E-state index contributed by atoms with van der Waals surface area (Å²) in [7, 11) is 0. The van der Waals surface area contributed by atoms with Crippen molar-refractivity contribution in [3.8, 4) is 28.5 Å². The second-order valence-electron chi connectivity index (χ2n) is 14.2. The fourth-order valence-electron chi connectivity index (χ4n) is 7.99. The van der Waals surface area contributed by atoms with Crippen molar-refractivity contribution in [2.75, 3.05) is 0 Å². The molecule has 0 unspecified atom stereocenters. The molecule has 2 heterocycles. The van der Waals surface area contributed by atoms with Crippen molar-refractivity contribution in [1.29, 1.82) is 0 Å². The molecule has 0 aliphatic carbocycles. The first-order valence-electron chi connectivity index (χ1n) is 19.2. The Balaban J connectivity index is 1.14. The van der Waals surface area contributed by atoms with E-state index in [1.165, 1.54) is 5.39 Å². The van der Waals surface area contributed by atoms with Crippen LogP contribution < -0.4 is 0 Å². The molecular formula is C53H40N4. The standard InChI is InChI=1S/C53H40N4/c1-38(21-20-22-39(2)53(42-25-10-4-11-26-42,43-27-12-5-13-28-43)44-29-14-6-15-30-44)50-54-51(40-23-8-3-9-24-40)56-52(55-50)41-35-36-49-47(37-41)46-33-18-19-34-48(46)57(49)45-31-16-7-17-32-45/h3-37H,2H2,1H3/b22-20-,38-21+. The molecule has 0 bridgehead atoms. The molecule has 2 aromatic heterocycles. The van der Waals surface area contributed by atoms with E-state index in [4.69, 9.17) is 21.5 Å². The molecule has 0 saturated heterocycles. The topological polar surface area (TPSA) is 43.6 Å². The van der Waals surface area contributed by atoms with Gasteiger partial charge in [0.2, 0.25) is 0 Å². The maximum absolute atomic E-state index is 5.12. The molecule has 7 aromatic carbocycles. The molecule has 4 nitrogen and oxygen atoms in total. The van der Waals surface area contributed by atoms with Crippen molar-refractivity contribution in [1.82, 2.24) is 19.5 Å². The van der Waals surface area contributed by atoms with Gasteiger partial charge in [0.1, 0.15) is 0 Å². The number of para-hydroxylation sites is 2. The zero-order valence-corrected chi connectivity index (χ0v) is 31.7. The van der Waals surface area contributed by atoms with Gasteiger partial charge in [-0.15, -0.1) is 0 Å². The number of rotatable bonds is 10. The second kappa shape index (κ2) is 15.4. The van der Waals surface area contributed by atoms with Gasteiger partial charge in [0.15, 0.2) is 17.5 Å². The third-order valence-electron chi connectivity index (χ3n) is 10.7. The number of hydrogen-bond donors (Lipinski definition) is 0. The van der Waals surface area contributed by atoms with E-state index in [2.05, 4.69) is 187 Å². The van der Waals surface area contributed by atoms with E-state index in [1.807, 2.05) is 36.4 Å². The summed E-state index contributed by atoms with van der Waals surface area (Å²) in [5, 5.41) is 2.32. The summed E-state index contributed by atoms with van der Waals surface area (Å²) >= 11 is 0. The van der Waals surface area contributed by atoms with Crippen LogP contribution in [0.5, 0.6) is 0 Å². The quantitative estimate of drug-likeness (QED) is 0.104. The summed E-state index contributed by atoms with van der Waals surface area (Å²) < 4.78 is 2.32. The van der Waals surface area contributed by atoms with Crippen molar-refractivity contribution in [2.45, 2.75) is 12.3 Å². The van der Waals surface area contributed by atoms with Gasteiger partial charge in [0, 0.05) is 27.6 Å². The van der Waals surface area contributed by atoms with E-state index >= 15 is 0 Å². The molecule has 0 N–H and O–H groups in total. The van der Waals surface area contributed by atoms with Gasteiger partial charge in [-0.1, -0.05) is 183 Å². The van der Waals surface area contributed by atoms with Gasteiger partial charge in [0.25, 0.3) is 0 Å². The van der Waals surface area contributed by atoms with E-state index in [9.17, 15) is 0 Å². The summed E-state index contributed by atoms with van der Waals surface area (Å²) in [4.78, 5) is 15.2. The molecule has 57 heavy (non-hydrogen) atoms. The normalized spacial score (nSPS) is 12.1. The lowest BCUT2D eigenvalue weighted by Crippen LogP contribution is -2.30. The molecule has 0 spiro atoms. The SMILES string of the molecule is C=C(/C=C\C=C(/C)c1nc(-c2ccccc2)nc(-c2ccc3c(c2)c2ccccc2n3-c2ccccc2)n1)C(c1ccccc1)(c1ccccc1)c1ccccc1. The number of fused-ring (bicyclic) bond motifs is 3.